The lowest BCUT2D eigenvalue weighted by atomic mass is 10.2. The molecule has 5 heteroatoms. The van der Waals surface area contributed by atoms with E-state index < -0.39 is 0 Å². The molecular weight excluding hydrogens is 222 g/mol. The second-order valence-corrected chi connectivity index (χ2v) is 4.84. The van der Waals surface area contributed by atoms with E-state index in [2.05, 4.69) is 5.32 Å². The van der Waals surface area contributed by atoms with E-state index in [1.807, 2.05) is 19.1 Å². The van der Waals surface area contributed by atoms with Crippen LogP contribution in [0.5, 0.6) is 0 Å². The SMILES string of the molecule is C[C@H](NC(CO)CO)c1ccc(Cl)s1. The van der Waals surface area contributed by atoms with Crippen molar-refractivity contribution >= 4 is 22.9 Å². The van der Waals surface area contributed by atoms with Crippen molar-refractivity contribution in [2.45, 2.75) is 19.0 Å². The van der Waals surface area contributed by atoms with E-state index in [9.17, 15) is 0 Å². The summed E-state index contributed by atoms with van der Waals surface area (Å²) >= 11 is 7.30. The Morgan fingerprint density at radius 2 is 2.07 bits per heavy atom. The molecule has 0 fully saturated rings. The lowest BCUT2D eigenvalue weighted by Crippen LogP contribution is -2.37. The average molecular weight is 236 g/mol. The predicted octanol–water partition coefficient (Wildman–Crippen LogP) is 1.41. The molecule has 0 spiro atoms. The number of halogens is 1. The van der Waals surface area contributed by atoms with Crippen molar-refractivity contribution < 1.29 is 10.2 Å². The van der Waals surface area contributed by atoms with E-state index in [1.54, 1.807) is 0 Å². The Morgan fingerprint density at radius 1 is 1.43 bits per heavy atom. The van der Waals surface area contributed by atoms with Crippen molar-refractivity contribution in [3.05, 3.63) is 21.3 Å². The first-order chi connectivity index (χ1) is 6.67. The van der Waals surface area contributed by atoms with Gasteiger partial charge in [0.25, 0.3) is 0 Å². The second kappa shape index (κ2) is 5.68. The van der Waals surface area contributed by atoms with E-state index in [1.165, 1.54) is 11.3 Å². The molecule has 0 saturated heterocycles. The third-order valence-electron chi connectivity index (χ3n) is 1.95. The van der Waals surface area contributed by atoms with Gasteiger partial charge in [0.2, 0.25) is 0 Å². The summed E-state index contributed by atoms with van der Waals surface area (Å²) in [7, 11) is 0. The van der Waals surface area contributed by atoms with Gasteiger partial charge in [0.05, 0.1) is 23.6 Å². The first-order valence-corrected chi connectivity index (χ1v) is 5.59. The quantitative estimate of drug-likeness (QED) is 0.723. The summed E-state index contributed by atoms with van der Waals surface area (Å²) in [6.45, 7) is 1.83. The van der Waals surface area contributed by atoms with Crippen LogP contribution in [-0.4, -0.2) is 29.5 Å². The van der Waals surface area contributed by atoms with Gasteiger partial charge in [-0.15, -0.1) is 11.3 Å². The summed E-state index contributed by atoms with van der Waals surface area (Å²) in [6, 6.07) is 3.60. The van der Waals surface area contributed by atoms with Crippen LogP contribution < -0.4 is 5.32 Å². The fourth-order valence-corrected chi connectivity index (χ4v) is 2.23. The van der Waals surface area contributed by atoms with Gasteiger partial charge in [0.15, 0.2) is 0 Å². The molecule has 0 saturated carbocycles. The zero-order valence-electron chi connectivity index (χ0n) is 7.90. The second-order valence-electron chi connectivity index (χ2n) is 3.09. The molecule has 1 aromatic rings. The van der Waals surface area contributed by atoms with E-state index in [0.717, 1.165) is 9.21 Å². The molecule has 0 amide bonds. The predicted molar refractivity (Wildman–Crippen MR) is 58.8 cm³/mol. The van der Waals surface area contributed by atoms with Gasteiger partial charge in [-0.1, -0.05) is 11.6 Å². The van der Waals surface area contributed by atoms with Crippen LogP contribution in [0.1, 0.15) is 17.8 Å². The Morgan fingerprint density at radius 3 is 2.50 bits per heavy atom. The molecule has 3 N–H and O–H groups in total. The molecule has 1 aromatic heterocycles. The van der Waals surface area contributed by atoms with E-state index in [0.29, 0.717) is 0 Å². The smallest absolute Gasteiger partial charge is 0.0931 e. The number of hydrogen-bond donors (Lipinski definition) is 3. The largest absolute Gasteiger partial charge is 0.395 e. The molecule has 0 aliphatic heterocycles. The standard InChI is InChI=1S/C9H14ClNO2S/c1-6(11-7(4-12)5-13)8-2-3-9(10)14-8/h2-3,6-7,11-13H,4-5H2,1H3/t6-/m0/s1. The fourth-order valence-electron chi connectivity index (χ4n) is 1.16. The van der Waals surface area contributed by atoms with Crippen molar-refractivity contribution in [3.8, 4) is 0 Å². The summed E-state index contributed by atoms with van der Waals surface area (Å²) in [6.07, 6.45) is 0. The first-order valence-electron chi connectivity index (χ1n) is 4.40. The zero-order valence-corrected chi connectivity index (χ0v) is 9.48. The molecular formula is C9H14ClNO2S. The Bertz CT molecular complexity index is 276. The van der Waals surface area contributed by atoms with Crippen molar-refractivity contribution in [1.82, 2.24) is 5.32 Å². The molecule has 0 radical (unpaired) electrons. The number of rotatable bonds is 5. The summed E-state index contributed by atoms with van der Waals surface area (Å²) < 4.78 is 0.748. The molecule has 80 valence electrons. The summed E-state index contributed by atoms with van der Waals surface area (Å²) in [5.74, 6) is 0. The number of thiophene rings is 1. The van der Waals surface area contributed by atoms with Gasteiger partial charge in [0.1, 0.15) is 0 Å². The van der Waals surface area contributed by atoms with Crippen LogP contribution in [0.15, 0.2) is 12.1 Å². The third-order valence-corrected chi connectivity index (χ3v) is 3.36. The van der Waals surface area contributed by atoms with Crippen LogP contribution in [0, 0.1) is 0 Å². The normalized spacial score (nSPS) is 13.5. The Balaban J connectivity index is 2.53. The molecule has 1 rings (SSSR count). The minimum absolute atomic E-state index is 0.0695. The van der Waals surface area contributed by atoms with Crippen LogP contribution in [0.2, 0.25) is 4.34 Å². The van der Waals surface area contributed by atoms with Gasteiger partial charge in [-0.05, 0) is 19.1 Å². The van der Waals surface area contributed by atoms with Gasteiger partial charge >= 0.3 is 0 Å². The molecule has 0 aliphatic carbocycles. The van der Waals surface area contributed by atoms with Crippen LogP contribution in [-0.2, 0) is 0 Å². The maximum Gasteiger partial charge on any atom is 0.0931 e. The molecule has 3 nitrogen and oxygen atoms in total. The van der Waals surface area contributed by atoms with Crippen molar-refractivity contribution in [2.75, 3.05) is 13.2 Å². The van der Waals surface area contributed by atoms with E-state index in [-0.39, 0.29) is 25.3 Å². The van der Waals surface area contributed by atoms with E-state index in [4.69, 9.17) is 21.8 Å². The fraction of sp³-hybridized carbons (Fsp3) is 0.556. The van der Waals surface area contributed by atoms with Crippen LogP contribution in [0.4, 0.5) is 0 Å². The number of hydrogen-bond acceptors (Lipinski definition) is 4. The van der Waals surface area contributed by atoms with Gasteiger partial charge in [-0.2, -0.15) is 0 Å². The summed E-state index contributed by atoms with van der Waals surface area (Å²) in [5.41, 5.74) is 0. The lowest BCUT2D eigenvalue weighted by molar-refractivity contribution is 0.164. The zero-order chi connectivity index (χ0) is 10.6. The molecule has 0 unspecified atom stereocenters. The number of aliphatic hydroxyl groups is 2. The van der Waals surface area contributed by atoms with Gasteiger partial charge in [-0.3, -0.25) is 0 Å². The lowest BCUT2D eigenvalue weighted by Gasteiger charge is -2.18. The molecule has 14 heavy (non-hydrogen) atoms. The highest BCUT2D eigenvalue weighted by molar-refractivity contribution is 7.16. The third kappa shape index (κ3) is 3.22. The average Bonchev–Trinajstić information content (AvgIpc) is 2.61. The van der Waals surface area contributed by atoms with Crippen LogP contribution in [0.3, 0.4) is 0 Å². The van der Waals surface area contributed by atoms with Crippen molar-refractivity contribution in [1.29, 1.82) is 0 Å². The molecule has 1 atom stereocenters. The number of aliphatic hydroxyl groups excluding tert-OH is 2. The monoisotopic (exact) mass is 235 g/mol. The van der Waals surface area contributed by atoms with Crippen molar-refractivity contribution in [3.63, 3.8) is 0 Å². The minimum atomic E-state index is -0.272. The van der Waals surface area contributed by atoms with E-state index >= 15 is 0 Å². The van der Waals surface area contributed by atoms with Crippen LogP contribution >= 0.6 is 22.9 Å². The molecule has 0 aliphatic rings. The Labute approximate surface area is 92.3 Å². The highest BCUT2D eigenvalue weighted by Gasteiger charge is 2.12. The highest BCUT2D eigenvalue weighted by Crippen LogP contribution is 2.26. The maximum absolute atomic E-state index is 8.88. The molecule has 1 heterocycles. The minimum Gasteiger partial charge on any atom is -0.395 e. The van der Waals surface area contributed by atoms with Crippen LogP contribution in [0.25, 0.3) is 0 Å². The molecule has 0 aromatic carbocycles. The van der Waals surface area contributed by atoms with Crippen molar-refractivity contribution in [2.24, 2.45) is 0 Å². The Kier molecular flexibility index (Phi) is 4.84. The first kappa shape index (κ1) is 11.9. The highest BCUT2D eigenvalue weighted by atomic mass is 35.5. The van der Waals surface area contributed by atoms with Gasteiger partial charge in [-0.25, -0.2) is 0 Å². The topological polar surface area (TPSA) is 52.5 Å². The summed E-state index contributed by atoms with van der Waals surface area (Å²) in [5, 5.41) is 20.9. The Hall–Kier alpha value is -0.130. The maximum atomic E-state index is 8.88. The van der Waals surface area contributed by atoms with Gasteiger partial charge in [0, 0.05) is 10.9 Å². The molecule has 0 bridgehead atoms. The van der Waals surface area contributed by atoms with Gasteiger partial charge < -0.3 is 15.5 Å². The number of nitrogens with one attached hydrogen (secondary N) is 1. The summed E-state index contributed by atoms with van der Waals surface area (Å²) in [4.78, 5) is 1.10.